The van der Waals surface area contributed by atoms with E-state index in [1.807, 2.05) is 0 Å². The zero-order valence-electron chi connectivity index (χ0n) is 5.43. The largest absolute Gasteiger partial charge is 0.389 e. The fourth-order valence-corrected chi connectivity index (χ4v) is 0.394. The van der Waals surface area contributed by atoms with Gasteiger partial charge in [-0.1, -0.05) is 0 Å². The number of Topliss-reactive ketones (excluding diaryl/α,β-unsaturated/α-hetero) is 1. The lowest BCUT2D eigenvalue weighted by atomic mass is 10.2. The van der Waals surface area contributed by atoms with E-state index in [0.717, 1.165) is 0 Å². The van der Waals surface area contributed by atoms with Crippen LogP contribution in [0.3, 0.4) is 0 Å². The van der Waals surface area contributed by atoms with Gasteiger partial charge in [0.15, 0.2) is 0 Å². The quantitative estimate of drug-likeness (QED) is 0.353. The molecule has 0 bridgehead atoms. The predicted octanol–water partition coefficient (Wildman–Crippen LogP) is 1.20. The van der Waals surface area contributed by atoms with Crippen LogP contribution in [-0.4, -0.2) is 23.0 Å². The Labute approximate surface area is 60.4 Å². The van der Waals surface area contributed by atoms with Gasteiger partial charge in [-0.05, 0) is 0 Å². The molecule has 0 spiro atoms. The average Bonchev–Trinajstić information content (AvgIpc) is 1.83. The molecule has 0 aliphatic heterocycles. The van der Waals surface area contributed by atoms with Crippen LogP contribution < -0.4 is 0 Å². The first-order chi connectivity index (χ1) is 4.95. The molecule has 0 N–H and O–H groups in total. The summed E-state index contributed by atoms with van der Waals surface area (Å²) in [5.74, 6) is -0.843. The third-order valence-electron chi connectivity index (χ3n) is 0.857. The van der Waals surface area contributed by atoms with Crippen molar-refractivity contribution in [3.8, 4) is 0 Å². The first-order valence-electron chi connectivity index (χ1n) is 2.73. The zero-order valence-corrected chi connectivity index (χ0v) is 5.43. The van der Waals surface area contributed by atoms with Gasteiger partial charge < -0.3 is 5.53 Å². The summed E-state index contributed by atoms with van der Waals surface area (Å²) >= 11 is 0. The maximum atomic E-state index is 11.4. The third-order valence-corrected chi connectivity index (χ3v) is 0.857. The Kier molecular flexibility index (Phi) is 3.47. The van der Waals surface area contributed by atoms with Gasteiger partial charge >= 0.3 is 12.4 Å². The summed E-state index contributed by atoms with van der Waals surface area (Å²) in [6, 6.07) is 0. The first-order valence-corrected chi connectivity index (χ1v) is 2.73. The van der Waals surface area contributed by atoms with Crippen LogP contribution in [0.2, 0.25) is 0 Å². The van der Waals surface area contributed by atoms with Crippen molar-refractivity contribution < 1.29 is 22.8 Å². The highest BCUT2D eigenvalue weighted by Crippen LogP contribution is 2.20. The van der Waals surface area contributed by atoms with Crippen molar-refractivity contribution in [1.29, 1.82) is 0 Å². The SMILES string of the molecule is [N-]=[N+]=CC(=O)CCC(F)(F)F. The van der Waals surface area contributed by atoms with Crippen molar-refractivity contribution in [2.24, 2.45) is 0 Å². The highest BCUT2D eigenvalue weighted by atomic mass is 19.4. The van der Waals surface area contributed by atoms with Crippen molar-refractivity contribution in [2.45, 2.75) is 19.0 Å². The third kappa shape index (κ3) is 6.73. The normalized spacial score (nSPS) is 10.5. The maximum absolute atomic E-state index is 11.4. The monoisotopic (exact) mass is 166 g/mol. The molecule has 0 aliphatic rings. The second-order valence-corrected chi connectivity index (χ2v) is 1.83. The van der Waals surface area contributed by atoms with E-state index >= 15 is 0 Å². The summed E-state index contributed by atoms with van der Waals surface area (Å²) in [5, 5.41) is 0. The molecule has 0 aromatic heterocycles. The number of ketones is 1. The van der Waals surface area contributed by atoms with E-state index in [0.29, 0.717) is 6.21 Å². The van der Waals surface area contributed by atoms with Crippen molar-refractivity contribution >= 4 is 12.0 Å². The van der Waals surface area contributed by atoms with Gasteiger partial charge in [-0.3, -0.25) is 4.79 Å². The molecular weight excluding hydrogens is 161 g/mol. The van der Waals surface area contributed by atoms with Crippen molar-refractivity contribution in [3.63, 3.8) is 0 Å². The molecule has 62 valence electrons. The molecule has 0 fully saturated rings. The molecule has 0 saturated heterocycles. The summed E-state index contributed by atoms with van der Waals surface area (Å²) in [6.07, 6.45) is -5.74. The van der Waals surface area contributed by atoms with Crippen molar-refractivity contribution in [1.82, 2.24) is 0 Å². The first kappa shape index (κ1) is 9.84. The van der Waals surface area contributed by atoms with E-state index in [9.17, 15) is 18.0 Å². The van der Waals surface area contributed by atoms with E-state index in [1.54, 1.807) is 0 Å². The van der Waals surface area contributed by atoms with Crippen LogP contribution in [0.5, 0.6) is 0 Å². The lowest BCUT2D eigenvalue weighted by molar-refractivity contribution is -0.141. The highest BCUT2D eigenvalue weighted by Gasteiger charge is 2.27. The van der Waals surface area contributed by atoms with Crippen LogP contribution in [0.1, 0.15) is 12.8 Å². The van der Waals surface area contributed by atoms with E-state index in [4.69, 9.17) is 5.53 Å². The van der Waals surface area contributed by atoms with Gasteiger partial charge in [0.05, 0.1) is 6.42 Å². The van der Waals surface area contributed by atoms with E-state index in [2.05, 4.69) is 4.79 Å². The summed E-state index contributed by atoms with van der Waals surface area (Å²) in [6.45, 7) is 0. The van der Waals surface area contributed by atoms with Crippen LogP contribution >= 0.6 is 0 Å². The second-order valence-electron chi connectivity index (χ2n) is 1.83. The molecule has 0 saturated carbocycles. The Morgan fingerprint density at radius 3 is 2.45 bits per heavy atom. The molecule has 0 aromatic carbocycles. The van der Waals surface area contributed by atoms with Gasteiger partial charge in [0, 0.05) is 6.42 Å². The lowest BCUT2D eigenvalue weighted by Gasteiger charge is -2.01. The number of hydrogen-bond acceptors (Lipinski definition) is 1. The van der Waals surface area contributed by atoms with Gasteiger partial charge in [-0.25, -0.2) is 0 Å². The molecule has 6 heteroatoms. The molecule has 0 heterocycles. The molecule has 11 heavy (non-hydrogen) atoms. The number of rotatable bonds is 3. The Morgan fingerprint density at radius 2 is 2.09 bits per heavy atom. The Balaban J connectivity index is 3.72. The summed E-state index contributed by atoms with van der Waals surface area (Å²) in [4.78, 5) is 12.6. The minimum Gasteiger partial charge on any atom is -0.361 e. The number of nitrogens with zero attached hydrogens (tertiary/aromatic N) is 2. The topological polar surface area (TPSA) is 53.5 Å². The van der Waals surface area contributed by atoms with E-state index in [1.165, 1.54) is 0 Å². The van der Waals surface area contributed by atoms with Crippen molar-refractivity contribution in [2.75, 3.05) is 0 Å². The molecule has 0 atom stereocenters. The zero-order chi connectivity index (χ0) is 8.91. The lowest BCUT2D eigenvalue weighted by Crippen LogP contribution is -2.11. The molecular formula is C5H5F3N2O. The maximum Gasteiger partial charge on any atom is 0.389 e. The number of hydrogen-bond donors (Lipinski definition) is 0. The predicted molar refractivity (Wildman–Crippen MR) is 30.0 cm³/mol. The molecule has 0 rings (SSSR count). The molecule has 0 unspecified atom stereocenters. The van der Waals surface area contributed by atoms with Gasteiger partial charge in [0.25, 0.3) is 0 Å². The van der Waals surface area contributed by atoms with Gasteiger partial charge in [0.2, 0.25) is 5.78 Å². The fourth-order valence-electron chi connectivity index (χ4n) is 0.394. The van der Waals surface area contributed by atoms with Crippen LogP contribution in [0.15, 0.2) is 0 Å². The van der Waals surface area contributed by atoms with Crippen LogP contribution in [0, 0.1) is 0 Å². The van der Waals surface area contributed by atoms with E-state index < -0.39 is 24.8 Å². The van der Waals surface area contributed by atoms with Crippen LogP contribution in [-0.2, 0) is 4.79 Å². The van der Waals surface area contributed by atoms with Gasteiger partial charge in [-0.2, -0.15) is 18.0 Å². The summed E-state index contributed by atoms with van der Waals surface area (Å²) < 4.78 is 34.2. The smallest absolute Gasteiger partial charge is 0.361 e. The summed E-state index contributed by atoms with van der Waals surface area (Å²) in [5.41, 5.74) is 7.73. The molecule has 0 aromatic rings. The Morgan fingerprint density at radius 1 is 1.55 bits per heavy atom. The second kappa shape index (κ2) is 3.88. The molecule has 0 amide bonds. The van der Waals surface area contributed by atoms with Crippen molar-refractivity contribution in [3.05, 3.63) is 5.53 Å². The van der Waals surface area contributed by atoms with Crippen LogP contribution in [0.4, 0.5) is 13.2 Å². The molecule has 0 radical (unpaired) electrons. The standard InChI is InChI=1S/C5H5F3N2O/c6-5(7,8)2-1-4(11)3-10-9/h3H,1-2H2. The van der Waals surface area contributed by atoms with Gasteiger partial charge in [0.1, 0.15) is 0 Å². The number of halogens is 3. The number of carbonyl (C=O) groups excluding carboxylic acids is 1. The average molecular weight is 166 g/mol. The highest BCUT2D eigenvalue weighted by molar-refractivity contribution is 6.25. The van der Waals surface area contributed by atoms with E-state index in [-0.39, 0.29) is 0 Å². The van der Waals surface area contributed by atoms with Gasteiger partial charge in [-0.15, -0.1) is 0 Å². The number of carbonyl (C=O) groups is 1. The summed E-state index contributed by atoms with van der Waals surface area (Å²) in [7, 11) is 0. The Hall–Kier alpha value is -1.16. The van der Waals surface area contributed by atoms with Crippen LogP contribution in [0.25, 0.3) is 5.53 Å². The minimum absolute atomic E-state index is 0.450. The Bertz CT molecular complexity index is 192. The molecule has 3 nitrogen and oxygen atoms in total. The minimum atomic E-state index is -4.33. The fraction of sp³-hybridized carbons (Fsp3) is 0.600. The molecule has 0 aliphatic carbocycles. The number of alkyl halides is 3.